The van der Waals surface area contributed by atoms with Crippen molar-refractivity contribution >= 4 is 11.9 Å². The van der Waals surface area contributed by atoms with Crippen molar-refractivity contribution in [3.63, 3.8) is 0 Å². The maximum Gasteiger partial charge on any atom is 0.341 e. The number of nitrogens with zero attached hydrogens (tertiary/aromatic N) is 2. The van der Waals surface area contributed by atoms with Crippen LogP contribution in [-0.2, 0) is 6.54 Å². The average molecular weight is 333 g/mol. The monoisotopic (exact) mass is 333 g/mol. The van der Waals surface area contributed by atoms with Gasteiger partial charge in [0.1, 0.15) is 18.0 Å². The summed E-state index contributed by atoms with van der Waals surface area (Å²) in [7, 11) is 0. The molecule has 1 aromatic carbocycles. The van der Waals surface area contributed by atoms with E-state index in [2.05, 4.69) is 5.43 Å². The van der Waals surface area contributed by atoms with Crippen LogP contribution >= 0.6 is 0 Å². The molecule has 3 N–H and O–H groups in total. The molecule has 0 aliphatic carbocycles. The molecule has 1 aromatic heterocycles. The van der Waals surface area contributed by atoms with Gasteiger partial charge in [0.05, 0.1) is 0 Å². The van der Waals surface area contributed by atoms with E-state index in [1.807, 2.05) is 0 Å². The van der Waals surface area contributed by atoms with E-state index in [-0.39, 0.29) is 18.9 Å². The maximum atomic E-state index is 12.9. The van der Waals surface area contributed by atoms with Gasteiger partial charge < -0.3 is 20.5 Å². The zero-order valence-electron chi connectivity index (χ0n) is 12.2. The van der Waals surface area contributed by atoms with Crippen LogP contribution in [0.2, 0.25) is 0 Å². The lowest BCUT2D eigenvalue weighted by atomic mass is 10.1. The number of rotatable bonds is 3. The molecule has 1 aliphatic rings. The number of benzene rings is 1. The zero-order valence-corrected chi connectivity index (χ0v) is 12.2. The minimum absolute atomic E-state index is 0.0184. The Labute approximate surface area is 134 Å². The molecular weight excluding hydrogens is 321 g/mol. The molecule has 124 valence electrons. The zero-order chi connectivity index (χ0) is 17.4. The third-order valence-corrected chi connectivity index (χ3v) is 3.62. The number of carboxylic acids is 1. The van der Waals surface area contributed by atoms with Gasteiger partial charge >= 0.3 is 5.97 Å². The van der Waals surface area contributed by atoms with Gasteiger partial charge in [0, 0.05) is 12.7 Å². The van der Waals surface area contributed by atoms with Crippen LogP contribution in [0.5, 0.6) is 5.75 Å². The molecule has 9 heteroatoms. The van der Waals surface area contributed by atoms with Crippen LogP contribution in [0.1, 0.15) is 26.4 Å². The highest BCUT2D eigenvalue weighted by Gasteiger charge is 2.30. The van der Waals surface area contributed by atoms with Crippen molar-refractivity contribution < 1.29 is 24.2 Å². The number of aromatic nitrogens is 1. The number of amides is 1. The fourth-order valence-electron chi connectivity index (χ4n) is 2.40. The lowest BCUT2D eigenvalue weighted by Gasteiger charge is -2.31. The van der Waals surface area contributed by atoms with Crippen LogP contribution in [0.25, 0.3) is 0 Å². The van der Waals surface area contributed by atoms with E-state index in [9.17, 15) is 23.9 Å². The summed E-state index contributed by atoms with van der Waals surface area (Å²) in [6, 6.07) is 5.54. The molecule has 1 amide bonds. The molecule has 0 unspecified atom stereocenters. The quantitative estimate of drug-likeness (QED) is 0.756. The number of hydrogen-bond donors (Lipinski definition) is 3. The van der Waals surface area contributed by atoms with Gasteiger partial charge in [-0.05, 0) is 17.7 Å². The lowest BCUT2D eigenvalue weighted by molar-refractivity contribution is 0.0678. The first-order valence-corrected chi connectivity index (χ1v) is 6.88. The second-order valence-electron chi connectivity index (χ2n) is 5.19. The number of fused-ring (bicyclic) bond motifs is 1. The number of halogens is 1. The summed E-state index contributed by atoms with van der Waals surface area (Å²) in [4.78, 5) is 36.6. The third kappa shape index (κ3) is 2.56. The fourth-order valence-corrected chi connectivity index (χ4v) is 2.40. The number of aromatic hydroxyl groups is 1. The van der Waals surface area contributed by atoms with Crippen LogP contribution in [0, 0.1) is 5.82 Å². The van der Waals surface area contributed by atoms with E-state index in [4.69, 9.17) is 5.11 Å². The summed E-state index contributed by atoms with van der Waals surface area (Å²) in [5.41, 5.74) is 1.25. The van der Waals surface area contributed by atoms with Gasteiger partial charge in [0.25, 0.3) is 5.91 Å². The van der Waals surface area contributed by atoms with Crippen molar-refractivity contribution in [1.29, 1.82) is 0 Å². The highest BCUT2D eigenvalue weighted by Crippen LogP contribution is 2.20. The Kier molecular flexibility index (Phi) is 3.68. The van der Waals surface area contributed by atoms with E-state index >= 15 is 0 Å². The van der Waals surface area contributed by atoms with Gasteiger partial charge in [-0.15, -0.1) is 0 Å². The SMILES string of the molecule is O=C(O)c1cn2c(c(O)c1=O)C(=O)N(Cc1ccc(F)cc1)CN2. The van der Waals surface area contributed by atoms with Crippen molar-refractivity contribution in [3.8, 4) is 5.75 Å². The summed E-state index contributed by atoms with van der Waals surface area (Å²) in [5, 5.41) is 18.9. The first-order chi connectivity index (χ1) is 11.4. The Balaban J connectivity index is 1.95. The summed E-state index contributed by atoms with van der Waals surface area (Å²) >= 11 is 0. The van der Waals surface area contributed by atoms with Gasteiger partial charge in [-0.1, -0.05) is 12.1 Å². The molecule has 0 spiro atoms. The van der Waals surface area contributed by atoms with Crippen molar-refractivity contribution in [2.45, 2.75) is 6.54 Å². The van der Waals surface area contributed by atoms with Crippen LogP contribution in [0.3, 0.4) is 0 Å². The first kappa shape index (κ1) is 15.5. The summed E-state index contributed by atoms with van der Waals surface area (Å²) in [6.07, 6.45) is 0.951. The minimum atomic E-state index is -1.51. The first-order valence-electron chi connectivity index (χ1n) is 6.88. The number of pyridine rings is 1. The number of carboxylic acid groups (broad SMARTS) is 1. The second kappa shape index (κ2) is 5.69. The minimum Gasteiger partial charge on any atom is -0.502 e. The van der Waals surface area contributed by atoms with E-state index < -0.39 is 34.4 Å². The van der Waals surface area contributed by atoms with Crippen LogP contribution in [-0.4, -0.2) is 38.3 Å². The standard InChI is InChI=1S/C15H12FN3O5/c16-9-3-1-8(2-4-9)5-18-7-17-19-6-10(15(23)24)12(20)13(21)11(19)14(18)22/h1-4,6,17,21H,5,7H2,(H,23,24). The second-order valence-corrected chi connectivity index (χ2v) is 5.19. The molecule has 0 saturated heterocycles. The summed E-state index contributed by atoms with van der Waals surface area (Å²) in [6.45, 7) is 0.144. The van der Waals surface area contributed by atoms with Gasteiger partial charge in [-0.2, -0.15) is 0 Å². The maximum absolute atomic E-state index is 12.9. The molecule has 3 rings (SSSR count). The van der Waals surface area contributed by atoms with Crippen molar-refractivity contribution in [3.05, 3.63) is 63.3 Å². The third-order valence-electron chi connectivity index (χ3n) is 3.62. The van der Waals surface area contributed by atoms with Crippen LogP contribution in [0.4, 0.5) is 4.39 Å². The molecule has 0 radical (unpaired) electrons. The Hall–Kier alpha value is -3.36. The topological polar surface area (TPSA) is 112 Å². The molecular formula is C15H12FN3O5. The fraction of sp³-hybridized carbons (Fsp3) is 0.133. The summed E-state index contributed by atoms with van der Waals surface area (Å²) < 4.78 is 13.9. The average Bonchev–Trinajstić information content (AvgIpc) is 2.54. The smallest absolute Gasteiger partial charge is 0.341 e. The molecule has 0 atom stereocenters. The van der Waals surface area contributed by atoms with E-state index in [0.717, 1.165) is 10.9 Å². The normalized spacial score (nSPS) is 13.4. The Morgan fingerprint density at radius 3 is 2.54 bits per heavy atom. The number of aromatic carboxylic acids is 1. The van der Waals surface area contributed by atoms with E-state index in [0.29, 0.717) is 5.56 Å². The Morgan fingerprint density at radius 2 is 1.92 bits per heavy atom. The molecule has 8 nitrogen and oxygen atoms in total. The molecule has 2 aromatic rings. The Bertz CT molecular complexity index is 891. The predicted octanol–water partition coefficient (Wildman–Crippen LogP) is 0.548. The van der Waals surface area contributed by atoms with E-state index in [1.54, 1.807) is 0 Å². The van der Waals surface area contributed by atoms with Gasteiger partial charge in [0.2, 0.25) is 5.43 Å². The van der Waals surface area contributed by atoms with Gasteiger partial charge in [-0.3, -0.25) is 14.3 Å². The van der Waals surface area contributed by atoms with Gasteiger partial charge in [0.15, 0.2) is 11.4 Å². The molecule has 0 bridgehead atoms. The number of hydrogen-bond acceptors (Lipinski definition) is 5. The van der Waals surface area contributed by atoms with Crippen LogP contribution in [0.15, 0.2) is 35.3 Å². The molecule has 2 heterocycles. The molecule has 1 aliphatic heterocycles. The number of nitrogens with one attached hydrogen (secondary N) is 1. The van der Waals surface area contributed by atoms with Crippen molar-refractivity contribution in [2.24, 2.45) is 0 Å². The van der Waals surface area contributed by atoms with Crippen LogP contribution < -0.4 is 10.9 Å². The largest absolute Gasteiger partial charge is 0.502 e. The highest BCUT2D eigenvalue weighted by molar-refractivity contribution is 5.97. The predicted molar refractivity (Wildman–Crippen MR) is 79.8 cm³/mol. The summed E-state index contributed by atoms with van der Waals surface area (Å²) in [5.74, 6) is -3.49. The van der Waals surface area contributed by atoms with Crippen molar-refractivity contribution in [1.82, 2.24) is 9.58 Å². The number of carbonyl (C=O) groups is 2. The Morgan fingerprint density at radius 1 is 1.25 bits per heavy atom. The molecule has 0 fully saturated rings. The highest BCUT2D eigenvalue weighted by atomic mass is 19.1. The van der Waals surface area contributed by atoms with E-state index in [1.165, 1.54) is 29.2 Å². The van der Waals surface area contributed by atoms with Crippen molar-refractivity contribution in [2.75, 3.05) is 12.1 Å². The lowest BCUT2D eigenvalue weighted by Crippen LogP contribution is -2.46. The van der Waals surface area contributed by atoms with Gasteiger partial charge in [-0.25, -0.2) is 9.18 Å². The number of carbonyl (C=O) groups excluding carboxylic acids is 1. The molecule has 0 saturated carbocycles. The molecule has 24 heavy (non-hydrogen) atoms.